The maximum atomic E-state index is 10.6. The van der Waals surface area contributed by atoms with Crippen LogP contribution in [0, 0.1) is 13.1 Å². The Morgan fingerprint density at radius 1 is 1.22 bits per heavy atom. The topological polar surface area (TPSA) is 75.6 Å². The highest BCUT2D eigenvalue weighted by atomic mass is 32.2. The zero-order valence-corrected chi connectivity index (χ0v) is 13.9. The molecule has 23 heavy (non-hydrogen) atoms. The van der Waals surface area contributed by atoms with Crippen LogP contribution in [0.5, 0.6) is 0 Å². The first-order valence-corrected chi connectivity index (χ1v) is 8.55. The molecule has 0 amide bonds. The lowest BCUT2D eigenvalue weighted by atomic mass is 10.1. The van der Waals surface area contributed by atoms with Gasteiger partial charge >= 0.3 is 5.82 Å². The van der Waals surface area contributed by atoms with Crippen molar-refractivity contribution in [1.82, 2.24) is 4.90 Å². The molecule has 0 atom stereocenters. The fourth-order valence-corrected chi connectivity index (χ4v) is 2.65. The maximum absolute atomic E-state index is 10.6. The summed E-state index contributed by atoms with van der Waals surface area (Å²) in [6, 6.07) is 0. The van der Waals surface area contributed by atoms with Gasteiger partial charge in [0.25, 0.3) is 10.1 Å². The molecule has 0 aliphatic carbocycles. The van der Waals surface area contributed by atoms with Crippen LogP contribution in [-0.4, -0.2) is 43.4 Å². The van der Waals surface area contributed by atoms with Crippen LogP contribution in [0.3, 0.4) is 0 Å². The van der Waals surface area contributed by atoms with E-state index < -0.39 is 10.1 Å². The predicted molar refractivity (Wildman–Crippen MR) is 86.3 cm³/mol. The molecule has 0 aromatic carbocycles. The molecule has 7 nitrogen and oxygen atoms in total. The SMILES string of the molecule is [C-]#[N+]C([N+]#[C-])=C1C=C(C)N(CCOCCCS(=O)(=O)O)C(C)=C1. The number of hydrogen-bond donors (Lipinski definition) is 1. The van der Waals surface area contributed by atoms with E-state index in [1.807, 2.05) is 18.7 Å². The molecule has 0 saturated heterocycles. The molecule has 124 valence electrons. The summed E-state index contributed by atoms with van der Waals surface area (Å²) in [6.45, 7) is 19.0. The number of ether oxygens (including phenoxy) is 1. The Morgan fingerprint density at radius 2 is 1.78 bits per heavy atom. The lowest BCUT2D eigenvalue weighted by Gasteiger charge is -2.29. The second kappa shape index (κ2) is 8.49. The van der Waals surface area contributed by atoms with Gasteiger partial charge in [0.2, 0.25) is 0 Å². The van der Waals surface area contributed by atoms with Gasteiger partial charge in [0.05, 0.1) is 17.9 Å². The third-order valence-electron chi connectivity index (χ3n) is 3.20. The summed E-state index contributed by atoms with van der Waals surface area (Å²) in [5, 5.41) is 0. The van der Waals surface area contributed by atoms with E-state index in [9.17, 15) is 8.42 Å². The van der Waals surface area contributed by atoms with E-state index in [1.54, 1.807) is 12.2 Å². The van der Waals surface area contributed by atoms with Crippen molar-refractivity contribution in [3.63, 3.8) is 0 Å². The van der Waals surface area contributed by atoms with Crippen molar-refractivity contribution in [1.29, 1.82) is 0 Å². The zero-order valence-electron chi connectivity index (χ0n) is 13.1. The first-order valence-electron chi connectivity index (χ1n) is 6.94. The van der Waals surface area contributed by atoms with Crippen LogP contribution in [0.4, 0.5) is 0 Å². The van der Waals surface area contributed by atoms with Crippen LogP contribution in [0.1, 0.15) is 20.3 Å². The zero-order chi connectivity index (χ0) is 17.5. The fourth-order valence-electron chi connectivity index (χ4n) is 2.16. The highest BCUT2D eigenvalue weighted by molar-refractivity contribution is 7.85. The normalized spacial score (nSPS) is 14.7. The van der Waals surface area contributed by atoms with Gasteiger partial charge in [0.1, 0.15) is 13.1 Å². The Labute approximate surface area is 136 Å². The number of rotatable bonds is 7. The predicted octanol–water partition coefficient (Wildman–Crippen LogP) is 2.45. The molecule has 1 rings (SSSR count). The average molecular weight is 337 g/mol. The second-order valence-electron chi connectivity index (χ2n) is 4.98. The van der Waals surface area contributed by atoms with E-state index in [-0.39, 0.29) is 24.6 Å². The Kier molecular flexibility index (Phi) is 6.98. The molecule has 1 aliphatic rings. The van der Waals surface area contributed by atoms with Crippen LogP contribution < -0.4 is 0 Å². The summed E-state index contributed by atoms with van der Waals surface area (Å²) >= 11 is 0. The minimum atomic E-state index is -3.93. The molecule has 0 radical (unpaired) electrons. The highest BCUT2D eigenvalue weighted by Gasteiger charge is 2.19. The van der Waals surface area contributed by atoms with E-state index in [0.29, 0.717) is 18.7 Å². The van der Waals surface area contributed by atoms with Gasteiger partial charge in [0.15, 0.2) is 0 Å². The summed E-state index contributed by atoms with van der Waals surface area (Å²) in [5.41, 5.74) is 2.42. The molecule has 1 N–H and O–H groups in total. The molecule has 0 fully saturated rings. The van der Waals surface area contributed by atoms with Crippen LogP contribution in [0.2, 0.25) is 0 Å². The lowest BCUT2D eigenvalue weighted by molar-refractivity contribution is 0.120. The number of allylic oxidation sites excluding steroid dienone is 5. The largest absolute Gasteiger partial charge is 0.526 e. The first-order chi connectivity index (χ1) is 10.8. The monoisotopic (exact) mass is 337 g/mol. The molecule has 0 spiro atoms. The Balaban J connectivity index is 2.53. The smallest absolute Gasteiger partial charge is 0.380 e. The molecule has 0 saturated carbocycles. The molecule has 1 heterocycles. The van der Waals surface area contributed by atoms with Crippen LogP contribution in [0.15, 0.2) is 34.9 Å². The van der Waals surface area contributed by atoms with Crippen molar-refractivity contribution in [2.24, 2.45) is 0 Å². The van der Waals surface area contributed by atoms with Crippen LogP contribution in [0.25, 0.3) is 9.69 Å². The number of nitrogens with zero attached hydrogens (tertiary/aromatic N) is 3. The molecule has 0 bridgehead atoms. The minimum Gasteiger partial charge on any atom is -0.380 e. The third-order valence-corrected chi connectivity index (χ3v) is 4.01. The molecule has 0 aromatic rings. The van der Waals surface area contributed by atoms with E-state index in [2.05, 4.69) is 9.69 Å². The van der Waals surface area contributed by atoms with Crippen LogP contribution >= 0.6 is 0 Å². The molecule has 8 heteroatoms. The van der Waals surface area contributed by atoms with Crippen molar-refractivity contribution in [2.75, 3.05) is 25.5 Å². The van der Waals surface area contributed by atoms with E-state index in [0.717, 1.165) is 11.4 Å². The average Bonchev–Trinajstić information content (AvgIpc) is 2.45. The maximum Gasteiger partial charge on any atom is 0.526 e. The summed E-state index contributed by atoms with van der Waals surface area (Å²) < 4.78 is 35.1. The third kappa shape index (κ3) is 6.25. The van der Waals surface area contributed by atoms with Gasteiger partial charge in [-0.2, -0.15) is 18.1 Å². The molecule has 0 aromatic heterocycles. The quantitative estimate of drug-likeness (QED) is 0.439. The van der Waals surface area contributed by atoms with Crippen molar-refractivity contribution < 1.29 is 17.7 Å². The molecule has 1 aliphatic heterocycles. The molecule has 0 unspecified atom stereocenters. The van der Waals surface area contributed by atoms with Gasteiger partial charge in [-0.25, -0.2) is 0 Å². The fraction of sp³-hybridized carbons (Fsp3) is 0.467. The van der Waals surface area contributed by atoms with Gasteiger partial charge < -0.3 is 9.64 Å². The van der Waals surface area contributed by atoms with E-state index in [4.69, 9.17) is 22.4 Å². The number of hydrogen-bond acceptors (Lipinski definition) is 4. The lowest BCUT2D eigenvalue weighted by Crippen LogP contribution is -2.26. The van der Waals surface area contributed by atoms with Crippen molar-refractivity contribution >= 4 is 10.1 Å². The molecular formula is C15H19N3O4S. The second-order valence-corrected chi connectivity index (χ2v) is 6.55. The van der Waals surface area contributed by atoms with Crippen molar-refractivity contribution in [2.45, 2.75) is 20.3 Å². The summed E-state index contributed by atoms with van der Waals surface area (Å²) in [5.74, 6) is -0.261. The highest BCUT2D eigenvalue weighted by Crippen LogP contribution is 2.25. The Bertz CT molecular complexity index is 683. The summed E-state index contributed by atoms with van der Waals surface area (Å²) in [6.07, 6.45) is 3.82. The van der Waals surface area contributed by atoms with Gasteiger partial charge in [-0.3, -0.25) is 4.55 Å². The molecular weight excluding hydrogens is 318 g/mol. The summed E-state index contributed by atoms with van der Waals surface area (Å²) in [4.78, 5) is 8.42. The summed E-state index contributed by atoms with van der Waals surface area (Å²) in [7, 11) is -3.93. The van der Waals surface area contributed by atoms with Crippen molar-refractivity contribution in [3.05, 3.63) is 57.8 Å². The van der Waals surface area contributed by atoms with Gasteiger partial charge in [-0.15, -0.1) is 0 Å². The standard InChI is InChI=1S/C15H19N3O4S/c1-12-10-14(15(16-3)17-4)11-13(2)18(12)6-8-22-7-5-9-23(19,20)21/h10-11H,5-9H2,1-2H3,(H,19,20,21). The van der Waals surface area contributed by atoms with E-state index in [1.165, 1.54) is 0 Å². The van der Waals surface area contributed by atoms with Crippen molar-refractivity contribution in [3.8, 4) is 0 Å². The van der Waals surface area contributed by atoms with Gasteiger partial charge in [0, 0.05) is 24.5 Å². The van der Waals surface area contributed by atoms with E-state index >= 15 is 0 Å². The minimum absolute atomic E-state index is 0.0461. The first kappa shape index (κ1) is 18.9. The van der Waals surface area contributed by atoms with Gasteiger partial charge in [-0.1, -0.05) is 0 Å². The van der Waals surface area contributed by atoms with Crippen LogP contribution in [-0.2, 0) is 14.9 Å². The Morgan fingerprint density at radius 3 is 2.26 bits per heavy atom. The Hall–Kier alpha value is -2.13. The van der Waals surface area contributed by atoms with Gasteiger partial charge in [-0.05, 0) is 32.4 Å².